The summed E-state index contributed by atoms with van der Waals surface area (Å²) in [5.41, 5.74) is 1.05. The molecule has 28 heavy (non-hydrogen) atoms. The molecule has 0 radical (unpaired) electrons. The predicted octanol–water partition coefficient (Wildman–Crippen LogP) is 4.13. The normalized spacial score (nSPS) is 15.6. The summed E-state index contributed by atoms with van der Waals surface area (Å²) >= 11 is 0. The molecule has 1 heterocycles. The van der Waals surface area contributed by atoms with Crippen LogP contribution < -0.4 is 20.1 Å². The summed E-state index contributed by atoms with van der Waals surface area (Å²) in [6, 6.07) is 15.3. The Kier molecular flexibility index (Phi) is 7.31. The molecule has 0 bridgehead atoms. The first-order valence-corrected chi connectivity index (χ1v) is 10.0. The monoisotopic (exact) mass is 382 g/mol. The highest BCUT2D eigenvalue weighted by molar-refractivity contribution is 5.76. The highest BCUT2D eigenvalue weighted by atomic mass is 16.5. The fraction of sp³-hybridized carbons (Fsp3) is 0.435. The van der Waals surface area contributed by atoms with Crippen molar-refractivity contribution < 1.29 is 14.3 Å². The van der Waals surface area contributed by atoms with E-state index in [1.165, 1.54) is 12.8 Å². The number of piperidine rings is 1. The summed E-state index contributed by atoms with van der Waals surface area (Å²) in [4.78, 5) is 12.3. The van der Waals surface area contributed by atoms with Gasteiger partial charge in [0.05, 0.1) is 7.11 Å². The summed E-state index contributed by atoms with van der Waals surface area (Å²) in [5.74, 6) is 3.32. The first-order valence-electron chi connectivity index (χ1n) is 10.0. The van der Waals surface area contributed by atoms with Gasteiger partial charge in [-0.25, -0.2) is 0 Å². The van der Waals surface area contributed by atoms with Crippen LogP contribution in [0.4, 0.5) is 0 Å². The van der Waals surface area contributed by atoms with Crippen LogP contribution in [0.15, 0.2) is 48.5 Å². The Morgan fingerprint density at radius 1 is 1.11 bits per heavy atom. The van der Waals surface area contributed by atoms with E-state index in [0.29, 0.717) is 36.3 Å². The maximum atomic E-state index is 12.3. The molecule has 0 saturated carbocycles. The van der Waals surface area contributed by atoms with E-state index in [2.05, 4.69) is 17.6 Å². The van der Waals surface area contributed by atoms with Crippen molar-refractivity contribution in [3.05, 3.63) is 54.1 Å². The standard InChI is InChI=1S/C23H30N2O3/c1-17(19-11-13-24-14-12-19)15-23(26)25-16-18-7-9-20(10-8-18)28-22-6-4-3-5-21(22)27-2/h3-10,17,19,24H,11-16H2,1-2H3,(H,25,26). The van der Waals surface area contributed by atoms with Crippen LogP contribution in [0.5, 0.6) is 17.2 Å². The molecule has 5 heteroatoms. The molecule has 1 fully saturated rings. The van der Waals surface area contributed by atoms with E-state index < -0.39 is 0 Å². The zero-order chi connectivity index (χ0) is 19.8. The SMILES string of the molecule is COc1ccccc1Oc1ccc(CNC(=O)CC(C)C2CCNCC2)cc1. The molecular formula is C23H30N2O3. The Morgan fingerprint density at radius 3 is 2.46 bits per heavy atom. The molecule has 0 aliphatic carbocycles. The number of methoxy groups -OCH3 is 1. The fourth-order valence-corrected chi connectivity index (χ4v) is 3.65. The highest BCUT2D eigenvalue weighted by Crippen LogP contribution is 2.31. The molecule has 3 rings (SSSR count). The lowest BCUT2D eigenvalue weighted by atomic mass is 9.84. The molecule has 1 unspecified atom stereocenters. The minimum absolute atomic E-state index is 0.125. The van der Waals surface area contributed by atoms with Gasteiger partial charge in [0.2, 0.25) is 5.91 Å². The largest absolute Gasteiger partial charge is 0.493 e. The van der Waals surface area contributed by atoms with Crippen molar-refractivity contribution >= 4 is 5.91 Å². The van der Waals surface area contributed by atoms with E-state index in [1.54, 1.807) is 7.11 Å². The van der Waals surface area contributed by atoms with Gasteiger partial charge in [-0.2, -0.15) is 0 Å². The lowest BCUT2D eigenvalue weighted by molar-refractivity contribution is -0.122. The van der Waals surface area contributed by atoms with Gasteiger partial charge in [-0.15, -0.1) is 0 Å². The van der Waals surface area contributed by atoms with Crippen LogP contribution in [-0.4, -0.2) is 26.1 Å². The van der Waals surface area contributed by atoms with E-state index in [9.17, 15) is 4.79 Å². The summed E-state index contributed by atoms with van der Waals surface area (Å²) < 4.78 is 11.2. The van der Waals surface area contributed by atoms with E-state index in [4.69, 9.17) is 9.47 Å². The predicted molar refractivity (Wildman–Crippen MR) is 111 cm³/mol. The molecule has 0 aromatic heterocycles. The number of ether oxygens (including phenoxy) is 2. The highest BCUT2D eigenvalue weighted by Gasteiger charge is 2.21. The second-order valence-electron chi connectivity index (χ2n) is 7.44. The zero-order valence-corrected chi connectivity index (χ0v) is 16.7. The minimum atomic E-state index is 0.125. The average molecular weight is 383 g/mol. The molecule has 1 amide bonds. The van der Waals surface area contributed by atoms with Gasteiger partial charge in [0.25, 0.3) is 0 Å². The smallest absolute Gasteiger partial charge is 0.220 e. The van der Waals surface area contributed by atoms with Crippen LogP contribution in [0.2, 0.25) is 0 Å². The van der Waals surface area contributed by atoms with Crippen LogP contribution in [0, 0.1) is 11.8 Å². The van der Waals surface area contributed by atoms with Gasteiger partial charge in [0, 0.05) is 13.0 Å². The molecule has 1 aliphatic rings. The van der Waals surface area contributed by atoms with Gasteiger partial charge < -0.3 is 20.1 Å². The number of hydrogen-bond donors (Lipinski definition) is 2. The molecule has 2 aromatic carbocycles. The van der Waals surface area contributed by atoms with Crippen molar-refractivity contribution in [3.8, 4) is 17.2 Å². The summed E-state index contributed by atoms with van der Waals surface area (Å²) in [6.45, 7) is 4.87. The van der Waals surface area contributed by atoms with E-state index in [-0.39, 0.29) is 5.91 Å². The quantitative estimate of drug-likeness (QED) is 0.721. The van der Waals surface area contributed by atoms with Crippen LogP contribution in [0.25, 0.3) is 0 Å². The van der Waals surface area contributed by atoms with E-state index in [0.717, 1.165) is 24.4 Å². The fourth-order valence-electron chi connectivity index (χ4n) is 3.65. The molecule has 1 saturated heterocycles. The molecule has 150 valence electrons. The maximum absolute atomic E-state index is 12.3. The molecule has 2 N–H and O–H groups in total. The third-order valence-electron chi connectivity index (χ3n) is 5.41. The van der Waals surface area contributed by atoms with Crippen molar-refractivity contribution in [1.82, 2.24) is 10.6 Å². The molecule has 0 spiro atoms. The lowest BCUT2D eigenvalue weighted by Gasteiger charge is -2.27. The average Bonchev–Trinajstić information content (AvgIpc) is 2.74. The second-order valence-corrected chi connectivity index (χ2v) is 7.44. The van der Waals surface area contributed by atoms with Crippen molar-refractivity contribution in [2.75, 3.05) is 20.2 Å². The number of benzene rings is 2. The third kappa shape index (κ3) is 5.73. The van der Waals surface area contributed by atoms with Gasteiger partial charge >= 0.3 is 0 Å². The number of amides is 1. The molecule has 5 nitrogen and oxygen atoms in total. The van der Waals surface area contributed by atoms with E-state index in [1.807, 2.05) is 48.5 Å². The van der Waals surface area contributed by atoms with Gasteiger partial charge in [-0.1, -0.05) is 31.2 Å². The number of para-hydroxylation sites is 2. The lowest BCUT2D eigenvalue weighted by Crippen LogP contribution is -2.33. The first-order chi connectivity index (χ1) is 13.7. The zero-order valence-electron chi connectivity index (χ0n) is 16.7. The van der Waals surface area contributed by atoms with Crippen molar-refractivity contribution in [2.24, 2.45) is 11.8 Å². The maximum Gasteiger partial charge on any atom is 0.220 e. The topological polar surface area (TPSA) is 59.6 Å². The van der Waals surface area contributed by atoms with Crippen molar-refractivity contribution in [1.29, 1.82) is 0 Å². The van der Waals surface area contributed by atoms with E-state index >= 15 is 0 Å². The number of carbonyl (C=O) groups is 1. The summed E-state index contributed by atoms with van der Waals surface area (Å²) in [5, 5.41) is 6.42. The Morgan fingerprint density at radius 2 is 1.79 bits per heavy atom. The molecule has 1 aliphatic heterocycles. The summed E-state index contributed by atoms with van der Waals surface area (Å²) in [6.07, 6.45) is 2.93. The van der Waals surface area contributed by atoms with Crippen molar-refractivity contribution in [3.63, 3.8) is 0 Å². The Bertz CT molecular complexity index is 755. The second kappa shape index (κ2) is 10.1. The molecular weight excluding hydrogens is 352 g/mol. The third-order valence-corrected chi connectivity index (χ3v) is 5.41. The Hall–Kier alpha value is -2.53. The number of carbonyl (C=O) groups excluding carboxylic acids is 1. The first kappa shape index (κ1) is 20.2. The van der Waals surface area contributed by atoms with Gasteiger partial charge in [-0.05, 0) is 67.6 Å². The Labute approximate surface area is 167 Å². The molecule has 2 aromatic rings. The number of hydrogen-bond acceptors (Lipinski definition) is 4. The van der Waals surface area contributed by atoms with Crippen molar-refractivity contribution in [2.45, 2.75) is 32.7 Å². The summed E-state index contributed by atoms with van der Waals surface area (Å²) in [7, 11) is 1.62. The van der Waals surface area contributed by atoms with Crippen LogP contribution >= 0.6 is 0 Å². The van der Waals surface area contributed by atoms with Gasteiger partial charge in [-0.3, -0.25) is 4.79 Å². The van der Waals surface area contributed by atoms with Crippen LogP contribution in [-0.2, 0) is 11.3 Å². The Balaban J connectivity index is 1.46. The van der Waals surface area contributed by atoms with Gasteiger partial charge in [0.1, 0.15) is 5.75 Å². The minimum Gasteiger partial charge on any atom is -0.493 e. The van der Waals surface area contributed by atoms with Gasteiger partial charge in [0.15, 0.2) is 11.5 Å². The number of rotatable bonds is 8. The number of nitrogens with one attached hydrogen (secondary N) is 2. The van der Waals surface area contributed by atoms with Crippen LogP contribution in [0.1, 0.15) is 31.7 Å². The molecule has 1 atom stereocenters. The van der Waals surface area contributed by atoms with Crippen LogP contribution in [0.3, 0.4) is 0 Å².